The summed E-state index contributed by atoms with van der Waals surface area (Å²) in [5.41, 5.74) is -0.562. The molecule has 1 amide bonds. The second-order valence-corrected chi connectivity index (χ2v) is 6.72. The SMILES string of the molecule is CC(NCC(=O)Nc1cc(C(F)(F)F)ccc1-n1cncn1)c1cccs1. The van der Waals surface area contributed by atoms with Gasteiger partial charge in [0.05, 0.1) is 23.5 Å². The average Bonchev–Trinajstić information content (AvgIpc) is 3.32. The molecular weight excluding hydrogens is 379 g/mol. The van der Waals surface area contributed by atoms with E-state index >= 15 is 0 Å². The summed E-state index contributed by atoms with van der Waals surface area (Å²) in [6.45, 7) is 1.86. The van der Waals surface area contributed by atoms with Crippen molar-refractivity contribution in [1.29, 1.82) is 0 Å². The molecule has 2 N–H and O–H groups in total. The lowest BCUT2D eigenvalue weighted by Crippen LogP contribution is -2.30. The Kier molecular flexibility index (Phi) is 5.57. The first kappa shape index (κ1) is 19.1. The van der Waals surface area contributed by atoms with E-state index in [4.69, 9.17) is 0 Å². The molecule has 142 valence electrons. The highest BCUT2D eigenvalue weighted by Crippen LogP contribution is 2.33. The van der Waals surface area contributed by atoms with Crippen LogP contribution in [0.1, 0.15) is 23.4 Å². The van der Waals surface area contributed by atoms with Gasteiger partial charge in [-0.3, -0.25) is 4.79 Å². The number of carbonyl (C=O) groups excluding carboxylic acids is 1. The third-order valence-electron chi connectivity index (χ3n) is 3.80. The van der Waals surface area contributed by atoms with Crippen molar-refractivity contribution in [3.05, 3.63) is 58.8 Å². The van der Waals surface area contributed by atoms with Crippen LogP contribution >= 0.6 is 11.3 Å². The van der Waals surface area contributed by atoms with Gasteiger partial charge in [-0.15, -0.1) is 11.3 Å². The number of benzene rings is 1. The summed E-state index contributed by atoms with van der Waals surface area (Å²) in [4.78, 5) is 17.1. The van der Waals surface area contributed by atoms with Crippen LogP contribution in [0.25, 0.3) is 5.69 Å². The molecule has 0 saturated heterocycles. The van der Waals surface area contributed by atoms with Gasteiger partial charge >= 0.3 is 6.18 Å². The average molecular weight is 395 g/mol. The Labute approximate surface area is 157 Å². The Morgan fingerprint density at radius 1 is 1.33 bits per heavy atom. The maximum absolute atomic E-state index is 13.0. The molecule has 27 heavy (non-hydrogen) atoms. The number of nitrogens with one attached hydrogen (secondary N) is 2. The van der Waals surface area contributed by atoms with Gasteiger partial charge in [0.25, 0.3) is 0 Å². The summed E-state index contributed by atoms with van der Waals surface area (Å²) in [6, 6.07) is 6.87. The minimum atomic E-state index is -4.52. The highest BCUT2D eigenvalue weighted by Gasteiger charge is 2.31. The van der Waals surface area contributed by atoms with Gasteiger partial charge < -0.3 is 10.6 Å². The van der Waals surface area contributed by atoms with E-state index in [1.54, 1.807) is 11.3 Å². The summed E-state index contributed by atoms with van der Waals surface area (Å²) in [5.74, 6) is -0.459. The minimum absolute atomic E-state index is 0.00546. The zero-order valence-electron chi connectivity index (χ0n) is 14.2. The van der Waals surface area contributed by atoms with Crippen LogP contribution in [0.5, 0.6) is 0 Å². The van der Waals surface area contributed by atoms with Crippen molar-refractivity contribution in [3.63, 3.8) is 0 Å². The monoisotopic (exact) mass is 395 g/mol. The predicted molar refractivity (Wildman–Crippen MR) is 95.7 cm³/mol. The van der Waals surface area contributed by atoms with Gasteiger partial charge in [-0.25, -0.2) is 9.67 Å². The third-order valence-corrected chi connectivity index (χ3v) is 4.86. The normalized spacial score (nSPS) is 12.7. The van der Waals surface area contributed by atoms with Crippen molar-refractivity contribution >= 4 is 22.9 Å². The van der Waals surface area contributed by atoms with Crippen molar-refractivity contribution in [2.75, 3.05) is 11.9 Å². The molecule has 0 radical (unpaired) electrons. The third kappa shape index (κ3) is 4.72. The number of hydrogen-bond donors (Lipinski definition) is 2. The Morgan fingerprint density at radius 3 is 2.78 bits per heavy atom. The molecule has 0 bridgehead atoms. The number of nitrogens with zero attached hydrogens (tertiary/aromatic N) is 3. The van der Waals surface area contributed by atoms with Crippen LogP contribution in [-0.4, -0.2) is 27.2 Å². The number of rotatable bonds is 6. The Balaban J connectivity index is 1.76. The Hall–Kier alpha value is -2.72. The molecule has 2 heterocycles. The van der Waals surface area contributed by atoms with Gasteiger partial charge in [-0.1, -0.05) is 6.07 Å². The fraction of sp³-hybridized carbons (Fsp3) is 0.235. The molecule has 0 fully saturated rings. The summed E-state index contributed by atoms with van der Waals surface area (Å²) >= 11 is 1.55. The number of aromatic nitrogens is 3. The van der Waals surface area contributed by atoms with E-state index in [2.05, 4.69) is 20.7 Å². The van der Waals surface area contributed by atoms with Gasteiger partial charge in [0.15, 0.2) is 0 Å². The quantitative estimate of drug-likeness (QED) is 0.669. The summed E-state index contributed by atoms with van der Waals surface area (Å²) in [6.07, 6.45) is -1.92. The predicted octanol–water partition coefficient (Wildman–Crippen LogP) is 3.64. The lowest BCUT2D eigenvalue weighted by atomic mass is 10.1. The summed E-state index contributed by atoms with van der Waals surface area (Å²) < 4.78 is 40.4. The van der Waals surface area contributed by atoms with E-state index in [1.165, 1.54) is 23.4 Å². The van der Waals surface area contributed by atoms with E-state index < -0.39 is 17.6 Å². The molecule has 1 atom stereocenters. The van der Waals surface area contributed by atoms with Crippen molar-refractivity contribution in [3.8, 4) is 5.69 Å². The molecule has 0 spiro atoms. The van der Waals surface area contributed by atoms with E-state index in [1.807, 2.05) is 24.4 Å². The van der Waals surface area contributed by atoms with Crippen molar-refractivity contribution in [1.82, 2.24) is 20.1 Å². The van der Waals surface area contributed by atoms with Gasteiger partial charge in [0.1, 0.15) is 12.7 Å². The highest BCUT2D eigenvalue weighted by atomic mass is 32.1. The number of carbonyl (C=O) groups is 1. The van der Waals surface area contributed by atoms with Crippen LogP contribution < -0.4 is 10.6 Å². The number of thiophene rings is 1. The lowest BCUT2D eigenvalue weighted by molar-refractivity contribution is -0.137. The lowest BCUT2D eigenvalue weighted by Gasteiger charge is -2.16. The van der Waals surface area contributed by atoms with Crippen molar-refractivity contribution in [2.45, 2.75) is 19.1 Å². The summed E-state index contributed by atoms with van der Waals surface area (Å²) in [7, 11) is 0. The summed E-state index contributed by atoms with van der Waals surface area (Å²) in [5, 5.41) is 11.4. The molecule has 0 aliphatic rings. The van der Waals surface area contributed by atoms with E-state index in [-0.39, 0.29) is 18.3 Å². The number of anilines is 1. The fourth-order valence-corrected chi connectivity index (χ4v) is 3.18. The zero-order valence-corrected chi connectivity index (χ0v) is 15.0. The first-order valence-electron chi connectivity index (χ1n) is 7.97. The molecule has 0 saturated carbocycles. The van der Waals surface area contributed by atoms with Crippen LogP contribution in [0.3, 0.4) is 0 Å². The Morgan fingerprint density at radius 2 is 2.15 bits per heavy atom. The van der Waals surface area contributed by atoms with E-state index in [0.29, 0.717) is 5.69 Å². The largest absolute Gasteiger partial charge is 0.416 e. The standard InChI is InChI=1S/C17H16F3N5OS/c1-11(15-3-2-6-27-15)22-8-16(26)24-13-7-12(17(18,19)20)4-5-14(13)25-10-21-9-23-25/h2-7,9-11,22H,8H2,1H3,(H,24,26). The van der Waals surface area contributed by atoms with Gasteiger partial charge in [-0.2, -0.15) is 18.3 Å². The van der Waals surface area contributed by atoms with Gasteiger partial charge in [-0.05, 0) is 36.6 Å². The van der Waals surface area contributed by atoms with Crippen LogP contribution in [0, 0.1) is 0 Å². The molecule has 1 unspecified atom stereocenters. The molecule has 0 aliphatic heterocycles. The van der Waals surface area contributed by atoms with Crippen LogP contribution in [-0.2, 0) is 11.0 Å². The number of alkyl halides is 3. The second-order valence-electron chi connectivity index (χ2n) is 5.74. The van der Waals surface area contributed by atoms with Crippen molar-refractivity contribution in [2.24, 2.45) is 0 Å². The Bertz CT molecular complexity index is 894. The fourth-order valence-electron chi connectivity index (χ4n) is 2.42. The van der Waals surface area contributed by atoms with Gasteiger partial charge in [0.2, 0.25) is 5.91 Å². The molecule has 1 aromatic carbocycles. The molecule has 3 aromatic rings. The molecule has 6 nitrogen and oxygen atoms in total. The van der Waals surface area contributed by atoms with Crippen LogP contribution in [0.15, 0.2) is 48.4 Å². The second kappa shape index (κ2) is 7.89. The number of hydrogen-bond acceptors (Lipinski definition) is 5. The van der Waals surface area contributed by atoms with Gasteiger partial charge in [0, 0.05) is 10.9 Å². The topological polar surface area (TPSA) is 71.8 Å². The number of halogens is 3. The zero-order chi connectivity index (χ0) is 19.4. The number of amides is 1. The van der Waals surface area contributed by atoms with Crippen molar-refractivity contribution < 1.29 is 18.0 Å². The van der Waals surface area contributed by atoms with E-state index in [0.717, 1.165) is 17.0 Å². The van der Waals surface area contributed by atoms with Crippen LogP contribution in [0.2, 0.25) is 0 Å². The van der Waals surface area contributed by atoms with Crippen LogP contribution in [0.4, 0.5) is 18.9 Å². The minimum Gasteiger partial charge on any atom is -0.323 e. The first-order valence-corrected chi connectivity index (χ1v) is 8.85. The molecule has 10 heteroatoms. The van der Waals surface area contributed by atoms with E-state index in [9.17, 15) is 18.0 Å². The molecule has 2 aromatic heterocycles. The molecule has 0 aliphatic carbocycles. The molecule has 3 rings (SSSR count). The smallest absolute Gasteiger partial charge is 0.323 e. The first-order chi connectivity index (χ1) is 12.8. The maximum atomic E-state index is 13.0. The highest BCUT2D eigenvalue weighted by molar-refractivity contribution is 7.10. The maximum Gasteiger partial charge on any atom is 0.416 e. The molecular formula is C17H16F3N5OS.